The third kappa shape index (κ3) is 3.05. The molecule has 5 nitrogen and oxygen atoms in total. The first kappa shape index (κ1) is 16.3. The number of carbonyl (C=O) groups excluding carboxylic acids is 1. The Morgan fingerprint density at radius 3 is 2.79 bits per heavy atom. The molecule has 2 aromatic heterocycles. The number of methoxy groups -OCH3 is 2. The fourth-order valence-electron chi connectivity index (χ4n) is 2.41. The molecule has 0 aliphatic carbocycles. The Morgan fingerprint density at radius 1 is 1.25 bits per heavy atom. The van der Waals surface area contributed by atoms with Gasteiger partial charge in [-0.3, -0.25) is 4.79 Å². The highest BCUT2D eigenvalue weighted by Crippen LogP contribution is 2.38. The largest absolute Gasteiger partial charge is 0.495 e. The summed E-state index contributed by atoms with van der Waals surface area (Å²) < 4.78 is 16.9. The number of ketones is 1. The van der Waals surface area contributed by atoms with E-state index in [4.69, 9.17) is 13.9 Å². The standard InChI is InChI=1S/C18H14BrNO4/c1-22-15-10-11(17(23-2)12-8-9-24-18(12)15)6-7-14(21)13-4-3-5-16(19)20-13/h3-10H,1-2H3/b7-6+. The molecule has 0 N–H and O–H groups in total. The topological polar surface area (TPSA) is 61.6 Å². The average Bonchev–Trinajstić information content (AvgIpc) is 3.08. The van der Waals surface area contributed by atoms with Crippen LogP contribution in [0.4, 0.5) is 0 Å². The van der Waals surface area contributed by atoms with E-state index in [0.29, 0.717) is 32.9 Å². The molecule has 3 rings (SSSR count). The lowest BCUT2D eigenvalue weighted by Crippen LogP contribution is -1.98. The minimum absolute atomic E-state index is 0.204. The van der Waals surface area contributed by atoms with Crippen LogP contribution < -0.4 is 9.47 Å². The number of nitrogens with zero attached hydrogens (tertiary/aromatic N) is 1. The van der Waals surface area contributed by atoms with E-state index in [1.54, 1.807) is 56.9 Å². The van der Waals surface area contributed by atoms with Crippen molar-refractivity contribution in [2.24, 2.45) is 0 Å². The van der Waals surface area contributed by atoms with Crippen molar-refractivity contribution in [2.45, 2.75) is 0 Å². The van der Waals surface area contributed by atoms with Crippen LogP contribution in [0.1, 0.15) is 16.1 Å². The van der Waals surface area contributed by atoms with Crippen molar-refractivity contribution in [3.63, 3.8) is 0 Å². The van der Waals surface area contributed by atoms with Crippen molar-refractivity contribution >= 4 is 38.8 Å². The van der Waals surface area contributed by atoms with Gasteiger partial charge >= 0.3 is 0 Å². The maximum Gasteiger partial charge on any atom is 0.204 e. The number of allylic oxidation sites excluding steroid dienone is 1. The molecular formula is C18H14BrNO4. The SMILES string of the molecule is COc1c(/C=C/C(=O)c2cccc(Br)n2)cc(OC)c2occc12. The molecule has 0 spiro atoms. The van der Waals surface area contributed by atoms with Gasteiger partial charge in [0.15, 0.2) is 11.3 Å². The molecule has 1 aromatic carbocycles. The minimum Gasteiger partial charge on any atom is -0.495 e. The molecular weight excluding hydrogens is 374 g/mol. The van der Waals surface area contributed by atoms with Crippen LogP contribution in [0.15, 0.2) is 51.7 Å². The second-order valence-corrected chi connectivity index (χ2v) is 5.72. The highest BCUT2D eigenvalue weighted by Gasteiger charge is 2.15. The van der Waals surface area contributed by atoms with E-state index in [9.17, 15) is 4.79 Å². The Kier molecular flexibility index (Phi) is 4.66. The quantitative estimate of drug-likeness (QED) is 0.366. The summed E-state index contributed by atoms with van der Waals surface area (Å²) in [7, 11) is 3.14. The zero-order valence-electron chi connectivity index (χ0n) is 13.1. The van der Waals surface area contributed by atoms with Crippen LogP contribution >= 0.6 is 15.9 Å². The van der Waals surface area contributed by atoms with E-state index in [1.807, 2.05) is 0 Å². The van der Waals surface area contributed by atoms with Crippen LogP contribution in [-0.2, 0) is 0 Å². The Labute approximate surface area is 147 Å². The van der Waals surface area contributed by atoms with E-state index in [0.717, 1.165) is 5.39 Å². The molecule has 24 heavy (non-hydrogen) atoms. The number of furan rings is 1. The number of pyridine rings is 1. The van der Waals surface area contributed by atoms with Gasteiger partial charge in [0.05, 0.1) is 25.9 Å². The molecule has 0 aliphatic rings. The van der Waals surface area contributed by atoms with Crippen LogP contribution in [0.5, 0.6) is 11.5 Å². The molecule has 0 bridgehead atoms. The summed E-state index contributed by atoms with van der Waals surface area (Å²) in [5.41, 5.74) is 1.68. The van der Waals surface area contributed by atoms with Crippen molar-refractivity contribution in [3.8, 4) is 11.5 Å². The summed E-state index contributed by atoms with van der Waals surface area (Å²) in [5.74, 6) is 0.985. The molecule has 0 saturated heterocycles. The van der Waals surface area contributed by atoms with Crippen LogP contribution in [0.3, 0.4) is 0 Å². The Balaban J connectivity index is 2.01. The molecule has 0 unspecified atom stereocenters. The maximum atomic E-state index is 12.3. The van der Waals surface area contributed by atoms with Gasteiger partial charge in [0, 0.05) is 5.56 Å². The molecule has 0 fully saturated rings. The lowest BCUT2D eigenvalue weighted by Gasteiger charge is -2.09. The summed E-state index contributed by atoms with van der Waals surface area (Å²) >= 11 is 3.26. The van der Waals surface area contributed by atoms with Crippen molar-refractivity contribution < 1.29 is 18.7 Å². The first-order valence-corrected chi connectivity index (χ1v) is 7.90. The predicted octanol–water partition coefficient (Wildman–Crippen LogP) is 4.50. The van der Waals surface area contributed by atoms with Gasteiger partial charge in [0.2, 0.25) is 5.78 Å². The minimum atomic E-state index is -0.204. The van der Waals surface area contributed by atoms with Crippen LogP contribution in [-0.4, -0.2) is 25.0 Å². The fourth-order valence-corrected chi connectivity index (χ4v) is 2.75. The van der Waals surface area contributed by atoms with Crippen molar-refractivity contribution in [1.82, 2.24) is 4.98 Å². The van der Waals surface area contributed by atoms with Crippen molar-refractivity contribution in [2.75, 3.05) is 14.2 Å². The number of hydrogen-bond acceptors (Lipinski definition) is 5. The van der Waals surface area contributed by atoms with E-state index in [-0.39, 0.29) is 5.78 Å². The van der Waals surface area contributed by atoms with Crippen LogP contribution in [0, 0.1) is 0 Å². The molecule has 2 heterocycles. The molecule has 6 heteroatoms. The van der Waals surface area contributed by atoms with E-state index in [1.165, 1.54) is 6.08 Å². The molecule has 0 saturated carbocycles. The molecule has 0 radical (unpaired) electrons. The van der Waals surface area contributed by atoms with Crippen LogP contribution in [0.25, 0.3) is 17.0 Å². The third-order valence-electron chi connectivity index (χ3n) is 3.49. The van der Waals surface area contributed by atoms with Gasteiger partial charge in [-0.1, -0.05) is 6.07 Å². The summed E-state index contributed by atoms with van der Waals surface area (Å²) in [6.07, 6.45) is 4.70. The van der Waals surface area contributed by atoms with Gasteiger partial charge in [-0.05, 0) is 52.3 Å². The summed E-state index contributed by atoms with van der Waals surface area (Å²) in [6.45, 7) is 0. The highest BCUT2D eigenvalue weighted by molar-refractivity contribution is 9.10. The van der Waals surface area contributed by atoms with Gasteiger partial charge in [-0.2, -0.15) is 0 Å². The monoisotopic (exact) mass is 387 g/mol. The molecule has 122 valence electrons. The second-order valence-electron chi connectivity index (χ2n) is 4.91. The number of carbonyl (C=O) groups is 1. The number of benzene rings is 1. The Hall–Kier alpha value is -2.60. The zero-order chi connectivity index (χ0) is 17.1. The molecule has 0 amide bonds. The third-order valence-corrected chi connectivity index (χ3v) is 3.93. The lowest BCUT2D eigenvalue weighted by atomic mass is 10.1. The zero-order valence-corrected chi connectivity index (χ0v) is 14.7. The number of halogens is 1. The van der Waals surface area contributed by atoms with Gasteiger partial charge in [-0.25, -0.2) is 4.98 Å². The Bertz CT molecular complexity index is 930. The van der Waals surface area contributed by atoms with Gasteiger partial charge in [-0.15, -0.1) is 0 Å². The highest BCUT2D eigenvalue weighted by atomic mass is 79.9. The first-order chi connectivity index (χ1) is 11.6. The first-order valence-electron chi connectivity index (χ1n) is 7.11. The van der Waals surface area contributed by atoms with Crippen molar-refractivity contribution in [3.05, 3.63) is 58.5 Å². The maximum absolute atomic E-state index is 12.3. The van der Waals surface area contributed by atoms with Gasteiger partial charge in [0.1, 0.15) is 16.0 Å². The normalized spacial score (nSPS) is 11.1. The summed E-state index contributed by atoms with van der Waals surface area (Å²) in [4.78, 5) is 16.4. The summed E-state index contributed by atoms with van der Waals surface area (Å²) in [6, 6.07) is 8.75. The fraction of sp³-hybridized carbons (Fsp3) is 0.111. The lowest BCUT2D eigenvalue weighted by molar-refractivity contribution is 0.104. The predicted molar refractivity (Wildman–Crippen MR) is 94.6 cm³/mol. The van der Waals surface area contributed by atoms with Gasteiger partial charge < -0.3 is 13.9 Å². The number of ether oxygens (including phenoxy) is 2. The number of rotatable bonds is 5. The molecule has 0 aliphatic heterocycles. The van der Waals surface area contributed by atoms with E-state index in [2.05, 4.69) is 20.9 Å². The second kappa shape index (κ2) is 6.88. The molecule has 0 atom stereocenters. The average molecular weight is 388 g/mol. The number of fused-ring (bicyclic) bond motifs is 1. The molecule has 3 aromatic rings. The van der Waals surface area contributed by atoms with Crippen LogP contribution in [0.2, 0.25) is 0 Å². The smallest absolute Gasteiger partial charge is 0.204 e. The van der Waals surface area contributed by atoms with Crippen molar-refractivity contribution in [1.29, 1.82) is 0 Å². The van der Waals surface area contributed by atoms with E-state index < -0.39 is 0 Å². The number of hydrogen-bond donors (Lipinski definition) is 0. The Morgan fingerprint density at radius 2 is 2.08 bits per heavy atom. The summed E-state index contributed by atoms with van der Waals surface area (Å²) in [5, 5.41) is 0.782. The van der Waals surface area contributed by atoms with Gasteiger partial charge in [0.25, 0.3) is 0 Å². The number of aromatic nitrogens is 1. The van der Waals surface area contributed by atoms with E-state index >= 15 is 0 Å².